The van der Waals surface area contributed by atoms with Crippen molar-refractivity contribution in [2.75, 3.05) is 6.61 Å². The second-order valence-electron chi connectivity index (χ2n) is 2.25. The molecule has 12 heavy (non-hydrogen) atoms. The number of hydrogen-bond acceptors (Lipinski definition) is 3. The van der Waals surface area contributed by atoms with Crippen LogP contribution in [0.25, 0.3) is 0 Å². The molecule has 3 nitrogen and oxygen atoms in total. The first-order valence-corrected chi connectivity index (χ1v) is 4.06. The number of rotatable bonds is 2. The van der Waals surface area contributed by atoms with E-state index in [1.807, 2.05) is 25.1 Å². The number of aliphatic hydroxyl groups is 1. The molecule has 0 unspecified atom stereocenters. The molecule has 0 saturated carbocycles. The van der Waals surface area contributed by atoms with E-state index in [0.717, 1.165) is 12.1 Å². The average Bonchev–Trinajstić information content (AvgIpc) is 2.19. The highest BCUT2D eigenvalue weighted by Gasteiger charge is 1.81. The molecule has 0 bridgehead atoms. The van der Waals surface area contributed by atoms with E-state index < -0.39 is 0 Å². The van der Waals surface area contributed by atoms with Crippen LogP contribution >= 0.6 is 0 Å². The van der Waals surface area contributed by atoms with Crippen LogP contribution in [0.5, 0.6) is 0 Å². The minimum atomic E-state index is 0.319. The molecule has 0 aliphatic carbocycles. The van der Waals surface area contributed by atoms with E-state index in [-0.39, 0.29) is 0 Å². The molecule has 3 heteroatoms. The van der Waals surface area contributed by atoms with E-state index in [1.165, 1.54) is 0 Å². The number of aromatic nitrogens is 1. The van der Waals surface area contributed by atoms with E-state index in [9.17, 15) is 0 Å². The first-order chi connectivity index (χ1) is 5.85. The molecule has 1 heterocycles. The van der Waals surface area contributed by atoms with Crippen molar-refractivity contribution in [3.63, 3.8) is 0 Å². The second kappa shape index (κ2) is 8.17. The van der Waals surface area contributed by atoms with Gasteiger partial charge in [-0.05, 0) is 18.6 Å². The Morgan fingerprint density at radius 1 is 1.50 bits per heavy atom. The Morgan fingerprint density at radius 3 is 2.42 bits per heavy atom. The molecule has 1 rings (SSSR count). The molecule has 0 aliphatic heterocycles. The summed E-state index contributed by atoms with van der Waals surface area (Å²) in [4.78, 5) is 3.97. The lowest BCUT2D eigenvalue weighted by molar-refractivity contribution is 0.295. The van der Waals surface area contributed by atoms with Crippen molar-refractivity contribution >= 4 is 0 Å². The van der Waals surface area contributed by atoms with E-state index in [4.69, 9.17) is 10.8 Å². The van der Waals surface area contributed by atoms with Crippen molar-refractivity contribution in [2.24, 2.45) is 5.73 Å². The first kappa shape index (κ1) is 11.1. The number of aliphatic hydroxyl groups excluding tert-OH is 1. The van der Waals surface area contributed by atoms with Crippen LogP contribution in [-0.2, 0) is 6.54 Å². The number of hydrogen-bond donors (Lipinski definition) is 2. The minimum Gasteiger partial charge on any atom is -0.396 e. The van der Waals surface area contributed by atoms with Gasteiger partial charge in [-0.3, -0.25) is 4.98 Å². The van der Waals surface area contributed by atoms with Crippen LogP contribution in [0.15, 0.2) is 24.4 Å². The Kier molecular flexibility index (Phi) is 7.54. The molecular formula is C9H16N2O. The molecule has 0 aromatic carbocycles. The zero-order valence-electron chi connectivity index (χ0n) is 7.40. The molecule has 0 spiro atoms. The van der Waals surface area contributed by atoms with Gasteiger partial charge in [0.05, 0.1) is 5.69 Å². The zero-order valence-corrected chi connectivity index (χ0v) is 7.40. The zero-order chi connectivity index (χ0) is 9.23. The van der Waals surface area contributed by atoms with Crippen LogP contribution in [0, 0.1) is 0 Å². The lowest BCUT2D eigenvalue weighted by atomic mass is 10.4. The van der Waals surface area contributed by atoms with Gasteiger partial charge in [-0.2, -0.15) is 0 Å². The predicted octanol–water partition coefficient (Wildman–Crippen LogP) is 0.929. The first-order valence-electron chi connectivity index (χ1n) is 4.06. The van der Waals surface area contributed by atoms with Crippen LogP contribution in [0.2, 0.25) is 0 Å². The van der Waals surface area contributed by atoms with Crippen molar-refractivity contribution in [2.45, 2.75) is 19.9 Å². The quantitative estimate of drug-likeness (QED) is 0.690. The van der Waals surface area contributed by atoms with E-state index in [1.54, 1.807) is 6.20 Å². The van der Waals surface area contributed by atoms with Gasteiger partial charge in [0.2, 0.25) is 0 Å². The standard InChI is InChI=1S/C6H8N2.C3H8O/c7-5-6-3-1-2-4-8-6;1-2-3-4/h1-4H,5,7H2;4H,2-3H2,1H3. The predicted molar refractivity (Wildman–Crippen MR) is 49.5 cm³/mol. The van der Waals surface area contributed by atoms with E-state index >= 15 is 0 Å². The van der Waals surface area contributed by atoms with Crippen molar-refractivity contribution < 1.29 is 5.11 Å². The summed E-state index contributed by atoms with van der Waals surface area (Å²) < 4.78 is 0. The molecule has 68 valence electrons. The van der Waals surface area contributed by atoms with Gasteiger partial charge in [-0.25, -0.2) is 0 Å². The summed E-state index contributed by atoms with van der Waals surface area (Å²) in [5.41, 5.74) is 6.22. The summed E-state index contributed by atoms with van der Waals surface area (Å²) in [7, 11) is 0. The molecule has 0 aliphatic rings. The molecule has 3 N–H and O–H groups in total. The summed E-state index contributed by atoms with van der Waals surface area (Å²) in [5, 5.41) is 7.88. The van der Waals surface area contributed by atoms with Crippen molar-refractivity contribution in [3.05, 3.63) is 30.1 Å². The summed E-state index contributed by atoms with van der Waals surface area (Å²) in [6, 6.07) is 5.70. The molecule has 0 amide bonds. The molecule has 0 radical (unpaired) electrons. The normalized spacial score (nSPS) is 8.58. The second-order valence-corrected chi connectivity index (χ2v) is 2.25. The van der Waals surface area contributed by atoms with Crippen LogP contribution in [0.4, 0.5) is 0 Å². The molecule has 0 fully saturated rings. The van der Waals surface area contributed by atoms with Gasteiger partial charge in [0.15, 0.2) is 0 Å². The van der Waals surface area contributed by atoms with Gasteiger partial charge < -0.3 is 10.8 Å². The molecule has 1 aromatic heterocycles. The Hall–Kier alpha value is -0.930. The van der Waals surface area contributed by atoms with Gasteiger partial charge in [-0.15, -0.1) is 0 Å². The number of nitrogens with two attached hydrogens (primary N) is 1. The lowest BCUT2D eigenvalue weighted by Gasteiger charge is -1.89. The minimum absolute atomic E-state index is 0.319. The van der Waals surface area contributed by atoms with Crippen molar-refractivity contribution in [3.8, 4) is 0 Å². The third kappa shape index (κ3) is 5.82. The van der Waals surface area contributed by atoms with Crippen molar-refractivity contribution in [1.82, 2.24) is 4.98 Å². The van der Waals surface area contributed by atoms with Crippen LogP contribution < -0.4 is 5.73 Å². The smallest absolute Gasteiger partial charge is 0.0539 e. The van der Waals surface area contributed by atoms with Gasteiger partial charge in [0.1, 0.15) is 0 Å². The number of nitrogens with zero attached hydrogens (tertiary/aromatic N) is 1. The molecular weight excluding hydrogens is 152 g/mol. The summed E-state index contributed by atoms with van der Waals surface area (Å²) in [5.74, 6) is 0. The maximum atomic E-state index is 7.88. The summed E-state index contributed by atoms with van der Waals surface area (Å²) in [6.45, 7) is 2.78. The highest BCUT2D eigenvalue weighted by atomic mass is 16.2. The Labute approximate surface area is 73.3 Å². The SMILES string of the molecule is CCCO.NCc1ccccn1. The van der Waals surface area contributed by atoms with Crippen LogP contribution in [-0.4, -0.2) is 16.7 Å². The van der Waals surface area contributed by atoms with Crippen LogP contribution in [0.3, 0.4) is 0 Å². The lowest BCUT2D eigenvalue weighted by Crippen LogP contribution is -1.97. The topological polar surface area (TPSA) is 59.1 Å². The van der Waals surface area contributed by atoms with Gasteiger partial charge in [0, 0.05) is 19.3 Å². The average molecular weight is 168 g/mol. The van der Waals surface area contributed by atoms with E-state index in [0.29, 0.717) is 13.2 Å². The summed E-state index contributed by atoms with van der Waals surface area (Å²) >= 11 is 0. The fourth-order valence-electron chi connectivity index (χ4n) is 0.519. The largest absolute Gasteiger partial charge is 0.396 e. The number of pyridine rings is 1. The van der Waals surface area contributed by atoms with E-state index in [2.05, 4.69) is 4.98 Å². The third-order valence-corrected chi connectivity index (χ3v) is 1.16. The molecule has 0 saturated heterocycles. The Balaban J connectivity index is 0.000000261. The van der Waals surface area contributed by atoms with Crippen LogP contribution in [0.1, 0.15) is 19.0 Å². The molecule has 0 atom stereocenters. The monoisotopic (exact) mass is 168 g/mol. The van der Waals surface area contributed by atoms with Gasteiger partial charge in [-0.1, -0.05) is 13.0 Å². The molecule has 1 aromatic rings. The van der Waals surface area contributed by atoms with Gasteiger partial charge >= 0.3 is 0 Å². The highest BCUT2D eigenvalue weighted by Crippen LogP contribution is 1.88. The maximum Gasteiger partial charge on any atom is 0.0539 e. The Bertz CT molecular complexity index is 175. The third-order valence-electron chi connectivity index (χ3n) is 1.16. The highest BCUT2D eigenvalue weighted by molar-refractivity contribution is 5.02. The van der Waals surface area contributed by atoms with Gasteiger partial charge in [0.25, 0.3) is 0 Å². The summed E-state index contributed by atoms with van der Waals surface area (Å²) in [6.07, 6.45) is 2.61. The fourth-order valence-corrected chi connectivity index (χ4v) is 0.519. The van der Waals surface area contributed by atoms with Crippen molar-refractivity contribution in [1.29, 1.82) is 0 Å². The Morgan fingerprint density at radius 2 is 2.17 bits per heavy atom. The maximum absolute atomic E-state index is 7.88. The fraction of sp³-hybridized carbons (Fsp3) is 0.444.